The fraction of sp³-hybridized carbons (Fsp3) is 0.448. The van der Waals surface area contributed by atoms with Gasteiger partial charge in [0.25, 0.3) is 0 Å². The summed E-state index contributed by atoms with van der Waals surface area (Å²) in [6.45, 7) is 4.58. The number of carbonyl (C=O) groups excluding carboxylic acids is 1. The first kappa shape index (κ1) is 23.0. The molecule has 2 aliphatic rings. The molecule has 1 aliphatic carbocycles. The lowest BCUT2D eigenvalue weighted by Gasteiger charge is -2.35. The first-order valence-electron chi connectivity index (χ1n) is 12.6. The maximum absolute atomic E-state index is 14.1. The van der Waals surface area contributed by atoms with E-state index in [1.165, 1.54) is 12.5 Å². The van der Waals surface area contributed by atoms with Crippen molar-refractivity contribution in [1.29, 1.82) is 0 Å². The Balaban J connectivity index is 1.31. The van der Waals surface area contributed by atoms with Gasteiger partial charge in [-0.2, -0.15) is 0 Å². The number of rotatable bonds is 7. The first-order valence-corrected chi connectivity index (χ1v) is 12.6. The fourth-order valence-electron chi connectivity index (χ4n) is 5.71. The zero-order chi connectivity index (χ0) is 23.5. The maximum atomic E-state index is 14.1. The molecule has 0 bridgehead atoms. The Labute approximate surface area is 200 Å². The Kier molecular flexibility index (Phi) is 6.64. The van der Waals surface area contributed by atoms with Gasteiger partial charge < -0.3 is 4.42 Å². The summed E-state index contributed by atoms with van der Waals surface area (Å²) in [6, 6.07) is 10.8. The summed E-state index contributed by atoms with van der Waals surface area (Å²) in [7, 11) is 0. The quantitative estimate of drug-likeness (QED) is 0.401. The molecular weight excluding hydrogens is 427 g/mol. The molecule has 3 heterocycles. The van der Waals surface area contributed by atoms with Crippen molar-refractivity contribution in [2.45, 2.75) is 57.3 Å². The number of aromatic nitrogens is 1. The van der Waals surface area contributed by atoms with E-state index in [0.717, 1.165) is 86.0 Å². The fourth-order valence-corrected chi connectivity index (χ4v) is 5.71. The summed E-state index contributed by atoms with van der Waals surface area (Å²) in [5.41, 5.74) is 3.04. The van der Waals surface area contributed by atoms with Crippen LogP contribution in [-0.4, -0.2) is 35.3 Å². The highest BCUT2D eigenvalue weighted by atomic mass is 19.1. The number of hydrogen-bond donors (Lipinski definition) is 0. The molecule has 1 saturated carbocycles. The van der Waals surface area contributed by atoms with Crippen molar-refractivity contribution in [2.24, 2.45) is 5.92 Å². The third kappa shape index (κ3) is 4.58. The van der Waals surface area contributed by atoms with Crippen LogP contribution < -0.4 is 0 Å². The maximum Gasteiger partial charge on any atom is 0.147 e. The molecule has 0 saturated heterocycles. The zero-order valence-electron chi connectivity index (χ0n) is 19.9. The molecule has 0 amide bonds. The van der Waals surface area contributed by atoms with Gasteiger partial charge in [0.05, 0.1) is 17.4 Å². The van der Waals surface area contributed by atoms with Gasteiger partial charge in [0.2, 0.25) is 0 Å². The van der Waals surface area contributed by atoms with E-state index >= 15 is 0 Å². The Morgan fingerprint density at radius 3 is 2.79 bits per heavy atom. The first-order chi connectivity index (χ1) is 16.5. The van der Waals surface area contributed by atoms with Crippen LogP contribution in [0.15, 0.2) is 59.4 Å². The van der Waals surface area contributed by atoms with Crippen LogP contribution in [0.4, 0.5) is 4.39 Å². The molecule has 34 heavy (non-hydrogen) atoms. The monoisotopic (exact) mass is 460 g/mol. The van der Waals surface area contributed by atoms with Crippen molar-refractivity contribution in [3.63, 3.8) is 0 Å². The minimum atomic E-state index is -0.573. The van der Waals surface area contributed by atoms with Crippen LogP contribution in [0, 0.1) is 11.7 Å². The minimum Gasteiger partial charge on any atom is -0.464 e. The standard InChI is InChI=1S/C29H33FN2O2/c1-29(26-9-5-6-14-31-26,28(33)22-7-3-2-4-8-22)13-17-32-15-10-21(11-16-32)25-20-24(30)19-23-12-18-34-27(23)25/h5-6,9-10,12,14,18-20,22H,2-4,7-8,11,13,15-17H2,1H3. The molecule has 1 fully saturated rings. The highest BCUT2D eigenvalue weighted by molar-refractivity contribution is 5.91. The Morgan fingerprint density at radius 2 is 2.06 bits per heavy atom. The molecule has 0 N–H and O–H groups in total. The second-order valence-corrected chi connectivity index (χ2v) is 10.1. The third-order valence-electron chi connectivity index (χ3n) is 7.83. The summed E-state index contributed by atoms with van der Waals surface area (Å²) < 4.78 is 19.8. The molecule has 178 valence electrons. The second kappa shape index (κ2) is 9.83. The van der Waals surface area contributed by atoms with Crippen molar-refractivity contribution in [1.82, 2.24) is 9.88 Å². The second-order valence-electron chi connectivity index (χ2n) is 10.1. The van der Waals surface area contributed by atoms with Gasteiger partial charge in [-0.3, -0.25) is 14.7 Å². The number of fused-ring (bicyclic) bond motifs is 1. The molecule has 1 aliphatic heterocycles. The minimum absolute atomic E-state index is 0.150. The van der Waals surface area contributed by atoms with Crippen molar-refractivity contribution in [3.05, 3.63) is 72.0 Å². The molecule has 3 aromatic rings. The van der Waals surface area contributed by atoms with Gasteiger partial charge in [0, 0.05) is 36.2 Å². The van der Waals surface area contributed by atoms with Gasteiger partial charge in [-0.1, -0.05) is 31.4 Å². The average Bonchev–Trinajstić information content (AvgIpc) is 3.36. The number of pyridine rings is 1. The smallest absolute Gasteiger partial charge is 0.147 e. The van der Waals surface area contributed by atoms with E-state index in [-0.39, 0.29) is 11.7 Å². The number of nitrogens with zero attached hydrogens (tertiary/aromatic N) is 2. The summed E-state index contributed by atoms with van der Waals surface area (Å²) in [4.78, 5) is 20.7. The van der Waals surface area contributed by atoms with E-state index in [1.807, 2.05) is 18.2 Å². The van der Waals surface area contributed by atoms with Crippen molar-refractivity contribution in [2.75, 3.05) is 19.6 Å². The molecular formula is C29H33FN2O2. The van der Waals surface area contributed by atoms with Crippen LogP contribution in [-0.2, 0) is 10.2 Å². The van der Waals surface area contributed by atoms with Gasteiger partial charge in [0.1, 0.15) is 17.2 Å². The number of Topliss-reactive ketones (excluding diaryl/α,β-unsaturated/α-hetero) is 1. The number of carbonyl (C=O) groups is 1. The zero-order valence-corrected chi connectivity index (χ0v) is 19.9. The summed E-state index contributed by atoms with van der Waals surface area (Å²) in [5, 5.41) is 0.797. The summed E-state index contributed by atoms with van der Waals surface area (Å²) in [5.74, 6) is 0.274. The Bertz CT molecular complexity index is 1180. The Hall–Kier alpha value is -2.79. The van der Waals surface area contributed by atoms with E-state index in [0.29, 0.717) is 5.78 Å². The summed E-state index contributed by atoms with van der Waals surface area (Å²) in [6.07, 6.45) is 12.7. The van der Waals surface area contributed by atoms with Crippen molar-refractivity contribution in [3.8, 4) is 0 Å². The van der Waals surface area contributed by atoms with E-state index in [9.17, 15) is 9.18 Å². The van der Waals surface area contributed by atoms with Gasteiger partial charge in [-0.25, -0.2) is 4.39 Å². The number of furan rings is 1. The molecule has 1 unspecified atom stereocenters. The van der Waals surface area contributed by atoms with Gasteiger partial charge >= 0.3 is 0 Å². The average molecular weight is 461 g/mol. The van der Waals surface area contributed by atoms with Crippen LogP contribution in [0.5, 0.6) is 0 Å². The molecule has 1 aromatic carbocycles. The van der Waals surface area contributed by atoms with Crippen LogP contribution >= 0.6 is 0 Å². The molecule has 0 radical (unpaired) electrons. The lowest BCUT2D eigenvalue weighted by molar-refractivity contribution is -0.129. The van der Waals surface area contributed by atoms with E-state index < -0.39 is 5.41 Å². The molecule has 1 atom stereocenters. The SMILES string of the molecule is CC(CCN1CC=C(c2cc(F)cc3ccoc23)CC1)(C(=O)C1CCCCC1)c1ccccn1. The van der Waals surface area contributed by atoms with E-state index in [2.05, 4.69) is 22.9 Å². The lowest BCUT2D eigenvalue weighted by atomic mass is 9.70. The highest BCUT2D eigenvalue weighted by Gasteiger charge is 2.40. The summed E-state index contributed by atoms with van der Waals surface area (Å²) >= 11 is 0. The van der Waals surface area contributed by atoms with E-state index in [4.69, 9.17) is 4.42 Å². The predicted octanol–water partition coefficient (Wildman–Crippen LogP) is 6.55. The molecule has 5 heteroatoms. The number of hydrogen-bond acceptors (Lipinski definition) is 4. The predicted molar refractivity (Wildman–Crippen MR) is 133 cm³/mol. The van der Waals surface area contributed by atoms with Gasteiger partial charge in [0.15, 0.2) is 0 Å². The molecule has 4 nitrogen and oxygen atoms in total. The number of benzene rings is 1. The van der Waals surface area contributed by atoms with Crippen molar-refractivity contribution < 1.29 is 13.6 Å². The Morgan fingerprint density at radius 1 is 1.21 bits per heavy atom. The third-order valence-corrected chi connectivity index (χ3v) is 7.83. The lowest BCUT2D eigenvalue weighted by Crippen LogP contribution is -2.42. The molecule has 0 spiro atoms. The van der Waals surface area contributed by atoms with Crippen molar-refractivity contribution >= 4 is 22.3 Å². The molecule has 2 aromatic heterocycles. The van der Waals surface area contributed by atoms with Crippen LogP contribution in [0.1, 0.15) is 63.1 Å². The largest absolute Gasteiger partial charge is 0.464 e. The normalized spacial score (nSPS) is 19.6. The van der Waals surface area contributed by atoms with E-state index in [1.54, 1.807) is 24.6 Å². The van der Waals surface area contributed by atoms with Crippen LogP contribution in [0.3, 0.4) is 0 Å². The number of ketones is 1. The van der Waals surface area contributed by atoms with Gasteiger partial charge in [-0.05, 0) is 75.1 Å². The number of halogens is 1. The molecule has 5 rings (SSSR count). The topological polar surface area (TPSA) is 46.3 Å². The van der Waals surface area contributed by atoms with Gasteiger partial charge in [-0.15, -0.1) is 0 Å². The highest BCUT2D eigenvalue weighted by Crippen LogP contribution is 2.37. The van der Waals surface area contributed by atoms with Crippen LogP contribution in [0.2, 0.25) is 0 Å². The van der Waals surface area contributed by atoms with Crippen LogP contribution in [0.25, 0.3) is 16.5 Å².